The molecule has 1 aromatic carbocycles. The van der Waals surface area contributed by atoms with Gasteiger partial charge >= 0.3 is 0 Å². The minimum absolute atomic E-state index is 0.280. The summed E-state index contributed by atoms with van der Waals surface area (Å²) in [6.45, 7) is 0. The Kier molecular flexibility index (Phi) is 3.56. The van der Waals surface area contributed by atoms with Crippen LogP contribution in [0.1, 0.15) is 5.56 Å². The van der Waals surface area contributed by atoms with Crippen molar-refractivity contribution in [2.75, 3.05) is 0 Å². The lowest BCUT2D eigenvalue weighted by Gasteiger charge is -2.05. The van der Waals surface area contributed by atoms with Crippen LogP contribution in [-0.4, -0.2) is 4.98 Å². The van der Waals surface area contributed by atoms with E-state index in [-0.39, 0.29) is 5.82 Å². The van der Waals surface area contributed by atoms with E-state index < -0.39 is 0 Å². The van der Waals surface area contributed by atoms with Crippen LogP contribution in [0.3, 0.4) is 0 Å². The predicted molar refractivity (Wildman–Crippen MR) is 67.3 cm³/mol. The molecule has 1 heterocycles. The Hall–Kier alpha value is -0.930. The molecule has 0 aliphatic carbocycles. The standard InChI is InChI=1S/C12H8BrClFN/c13-6-8-5-12(16-7-10(8)14)9-3-1-2-4-11(9)15/h1-5,7H,6H2. The van der Waals surface area contributed by atoms with E-state index >= 15 is 0 Å². The Labute approximate surface area is 106 Å². The summed E-state index contributed by atoms with van der Waals surface area (Å²) in [4.78, 5) is 4.13. The summed E-state index contributed by atoms with van der Waals surface area (Å²) in [7, 11) is 0. The van der Waals surface area contributed by atoms with Crippen molar-refractivity contribution in [1.82, 2.24) is 4.98 Å². The van der Waals surface area contributed by atoms with Gasteiger partial charge in [-0.3, -0.25) is 4.98 Å². The first-order valence-corrected chi connectivity index (χ1v) is 6.17. The zero-order valence-corrected chi connectivity index (χ0v) is 10.6. The maximum absolute atomic E-state index is 13.5. The largest absolute Gasteiger partial charge is 0.255 e. The van der Waals surface area contributed by atoms with E-state index in [9.17, 15) is 4.39 Å². The normalized spacial score (nSPS) is 10.4. The van der Waals surface area contributed by atoms with Crippen molar-refractivity contribution in [2.24, 2.45) is 0 Å². The van der Waals surface area contributed by atoms with E-state index in [0.29, 0.717) is 21.6 Å². The molecule has 0 aliphatic heterocycles. The average molecular weight is 301 g/mol. The van der Waals surface area contributed by atoms with Gasteiger partial charge in [-0.2, -0.15) is 0 Å². The van der Waals surface area contributed by atoms with Gasteiger partial charge in [-0.15, -0.1) is 0 Å². The molecule has 0 saturated carbocycles. The third-order valence-electron chi connectivity index (χ3n) is 2.23. The van der Waals surface area contributed by atoms with Gasteiger partial charge in [0.1, 0.15) is 5.82 Å². The molecule has 0 fully saturated rings. The molecule has 0 aliphatic rings. The Morgan fingerprint density at radius 2 is 2.06 bits per heavy atom. The Morgan fingerprint density at radius 3 is 2.75 bits per heavy atom. The minimum Gasteiger partial charge on any atom is -0.255 e. The molecule has 0 N–H and O–H groups in total. The van der Waals surface area contributed by atoms with Crippen molar-refractivity contribution in [3.8, 4) is 11.3 Å². The van der Waals surface area contributed by atoms with Gasteiger partial charge in [0.25, 0.3) is 0 Å². The number of nitrogens with zero attached hydrogens (tertiary/aromatic N) is 1. The van der Waals surface area contributed by atoms with E-state index in [4.69, 9.17) is 11.6 Å². The van der Waals surface area contributed by atoms with Gasteiger partial charge in [-0.05, 0) is 23.8 Å². The Balaban J connectivity index is 2.53. The number of hydrogen-bond acceptors (Lipinski definition) is 1. The average Bonchev–Trinajstić information content (AvgIpc) is 2.31. The van der Waals surface area contributed by atoms with Gasteiger partial charge in [-0.1, -0.05) is 39.7 Å². The van der Waals surface area contributed by atoms with Crippen LogP contribution in [0.25, 0.3) is 11.3 Å². The van der Waals surface area contributed by atoms with Gasteiger partial charge < -0.3 is 0 Å². The third-order valence-corrected chi connectivity index (χ3v) is 3.17. The number of halogens is 3. The number of hydrogen-bond donors (Lipinski definition) is 0. The number of aromatic nitrogens is 1. The van der Waals surface area contributed by atoms with Crippen LogP contribution < -0.4 is 0 Å². The molecule has 4 heteroatoms. The molecule has 2 aromatic rings. The highest BCUT2D eigenvalue weighted by molar-refractivity contribution is 9.08. The first-order chi connectivity index (χ1) is 7.72. The first-order valence-electron chi connectivity index (χ1n) is 4.67. The van der Waals surface area contributed by atoms with Gasteiger partial charge in [-0.25, -0.2) is 4.39 Å². The van der Waals surface area contributed by atoms with Crippen LogP contribution >= 0.6 is 27.5 Å². The first kappa shape index (κ1) is 11.6. The monoisotopic (exact) mass is 299 g/mol. The van der Waals surface area contributed by atoms with Crippen molar-refractivity contribution in [2.45, 2.75) is 5.33 Å². The van der Waals surface area contributed by atoms with Gasteiger partial charge in [0.2, 0.25) is 0 Å². The maximum Gasteiger partial charge on any atom is 0.132 e. The van der Waals surface area contributed by atoms with Crippen LogP contribution in [0.2, 0.25) is 5.02 Å². The van der Waals surface area contributed by atoms with E-state index in [2.05, 4.69) is 20.9 Å². The van der Waals surface area contributed by atoms with Crippen molar-refractivity contribution < 1.29 is 4.39 Å². The third kappa shape index (κ3) is 2.25. The topological polar surface area (TPSA) is 12.9 Å². The van der Waals surface area contributed by atoms with E-state index in [1.54, 1.807) is 30.5 Å². The van der Waals surface area contributed by atoms with Crippen LogP contribution in [0, 0.1) is 5.82 Å². The maximum atomic E-state index is 13.5. The molecule has 0 amide bonds. The highest BCUT2D eigenvalue weighted by atomic mass is 79.9. The summed E-state index contributed by atoms with van der Waals surface area (Å²) in [6, 6.07) is 8.33. The molecule has 82 valence electrons. The second kappa shape index (κ2) is 4.93. The molecule has 1 nitrogen and oxygen atoms in total. The number of pyridine rings is 1. The molecule has 0 saturated heterocycles. The van der Waals surface area contributed by atoms with E-state index in [1.807, 2.05) is 0 Å². The molecular formula is C12H8BrClFN. The van der Waals surface area contributed by atoms with Crippen LogP contribution in [0.4, 0.5) is 4.39 Å². The Morgan fingerprint density at radius 1 is 1.31 bits per heavy atom. The summed E-state index contributed by atoms with van der Waals surface area (Å²) >= 11 is 9.26. The zero-order chi connectivity index (χ0) is 11.5. The molecule has 0 atom stereocenters. The lowest BCUT2D eigenvalue weighted by atomic mass is 10.1. The van der Waals surface area contributed by atoms with E-state index in [1.165, 1.54) is 6.07 Å². The molecular weight excluding hydrogens is 292 g/mol. The minimum atomic E-state index is -0.280. The summed E-state index contributed by atoms with van der Waals surface area (Å²) in [6.07, 6.45) is 1.54. The fraction of sp³-hybridized carbons (Fsp3) is 0.0833. The zero-order valence-electron chi connectivity index (χ0n) is 8.25. The van der Waals surface area contributed by atoms with Crippen molar-refractivity contribution in [3.05, 3.63) is 52.9 Å². The second-order valence-electron chi connectivity index (χ2n) is 3.27. The van der Waals surface area contributed by atoms with Crippen molar-refractivity contribution >= 4 is 27.5 Å². The van der Waals surface area contributed by atoms with Gasteiger partial charge in [0, 0.05) is 17.1 Å². The molecule has 0 bridgehead atoms. The summed E-state index contributed by atoms with van der Waals surface area (Å²) in [5.74, 6) is -0.280. The van der Waals surface area contributed by atoms with Gasteiger partial charge in [0.15, 0.2) is 0 Å². The smallest absolute Gasteiger partial charge is 0.132 e. The van der Waals surface area contributed by atoms with Gasteiger partial charge in [0.05, 0.1) is 10.7 Å². The number of alkyl halides is 1. The molecule has 16 heavy (non-hydrogen) atoms. The quantitative estimate of drug-likeness (QED) is 0.747. The van der Waals surface area contributed by atoms with Crippen molar-refractivity contribution in [1.29, 1.82) is 0 Å². The summed E-state index contributed by atoms with van der Waals surface area (Å²) in [5.41, 5.74) is 1.98. The fourth-order valence-electron chi connectivity index (χ4n) is 1.40. The highest BCUT2D eigenvalue weighted by Gasteiger charge is 2.07. The highest BCUT2D eigenvalue weighted by Crippen LogP contribution is 2.25. The lowest BCUT2D eigenvalue weighted by Crippen LogP contribution is -1.90. The molecule has 0 radical (unpaired) electrons. The van der Waals surface area contributed by atoms with Crippen molar-refractivity contribution in [3.63, 3.8) is 0 Å². The predicted octanol–water partition coefficient (Wildman–Crippen LogP) is 4.44. The summed E-state index contributed by atoms with van der Waals surface area (Å²) < 4.78 is 13.5. The Bertz CT molecular complexity index is 516. The molecule has 0 spiro atoms. The fourth-order valence-corrected chi connectivity index (χ4v) is 2.19. The van der Waals surface area contributed by atoms with Crippen LogP contribution in [0.5, 0.6) is 0 Å². The lowest BCUT2D eigenvalue weighted by molar-refractivity contribution is 0.630. The molecule has 0 unspecified atom stereocenters. The number of benzene rings is 1. The van der Waals surface area contributed by atoms with Crippen LogP contribution in [-0.2, 0) is 5.33 Å². The second-order valence-corrected chi connectivity index (χ2v) is 4.24. The number of rotatable bonds is 2. The molecule has 1 aromatic heterocycles. The SMILES string of the molecule is Fc1ccccc1-c1cc(CBr)c(Cl)cn1. The van der Waals surface area contributed by atoms with Crippen LogP contribution in [0.15, 0.2) is 36.5 Å². The molecule has 2 rings (SSSR count). The summed E-state index contributed by atoms with van der Waals surface area (Å²) in [5, 5.41) is 1.20. The van der Waals surface area contributed by atoms with E-state index in [0.717, 1.165) is 5.56 Å².